The zero-order valence-electron chi connectivity index (χ0n) is 14.5. The van der Waals surface area contributed by atoms with Crippen molar-refractivity contribution < 1.29 is 19.0 Å². The molecule has 1 saturated heterocycles. The highest BCUT2D eigenvalue weighted by Crippen LogP contribution is 2.30. The Labute approximate surface area is 143 Å². The van der Waals surface area contributed by atoms with Gasteiger partial charge in [0.1, 0.15) is 12.7 Å². The Morgan fingerprint density at radius 2 is 1.92 bits per heavy atom. The summed E-state index contributed by atoms with van der Waals surface area (Å²) in [7, 11) is 0. The molecule has 6 heteroatoms. The fraction of sp³-hybridized carbons (Fsp3) is 0.611. The van der Waals surface area contributed by atoms with E-state index in [9.17, 15) is 4.79 Å². The molecular formula is C18H26N2O4. The van der Waals surface area contributed by atoms with Crippen molar-refractivity contribution in [1.29, 1.82) is 0 Å². The summed E-state index contributed by atoms with van der Waals surface area (Å²) in [5.74, 6) is 1.50. The van der Waals surface area contributed by atoms with Crippen molar-refractivity contribution in [2.45, 2.75) is 45.1 Å². The molecule has 0 radical (unpaired) electrons. The van der Waals surface area contributed by atoms with Gasteiger partial charge in [0.05, 0.1) is 24.8 Å². The van der Waals surface area contributed by atoms with Crippen LogP contribution in [0.4, 0.5) is 0 Å². The molecule has 0 unspecified atom stereocenters. The molecule has 1 aromatic rings. The molecule has 1 amide bonds. The van der Waals surface area contributed by atoms with Gasteiger partial charge in [-0.25, -0.2) is 0 Å². The molecule has 1 aromatic carbocycles. The van der Waals surface area contributed by atoms with E-state index in [4.69, 9.17) is 14.2 Å². The Morgan fingerprint density at radius 1 is 1.25 bits per heavy atom. The van der Waals surface area contributed by atoms with Gasteiger partial charge >= 0.3 is 0 Å². The standard InChI is InChI=1S/C18H26N2O4/c1-12-9-20(10-13(2)23-12)14(3)18(21)19-8-15-11-22-16-6-4-5-7-17(16)24-15/h4-7,12-15H,8-11H2,1-3H3,(H,19,21)/t12-,13+,14-,15-/m1/s1. The molecule has 2 heterocycles. The Bertz CT molecular complexity index is 570. The summed E-state index contributed by atoms with van der Waals surface area (Å²) in [5.41, 5.74) is 0. The number of carbonyl (C=O) groups is 1. The Balaban J connectivity index is 1.49. The van der Waals surface area contributed by atoms with Crippen molar-refractivity contribution >= 4 is 5.91 Å². The fourth-order valence-electron chi connectivity index (χ4n) is 3.23. The fourth-order valence-corrected chi connectivity index (χ4v) is 3.23. The lowest BCUT2D eigenvalue weighted by molar-refractivity contribution is -0.132. The van der Waals surface area contributed by atoms with E-state index >= 15 is 0 Å². The van der Waals surface area contributed by atoms with Crippen LogP contribution in [-0.4, -0.2) is 61.4 Å². The smallest absolute Gasteiger partial charge is 0.237 e. The van der Waals surface area contributed by atoms with E-state index in [1.165, 1.54) is 0 Å². The van der Waals surface area contributed by atoms with Crippen molar-refractivity contribution in [2.24, 2.45) is 0 Å². The SMILES string of the molecule is C[C@@H]1CN([C@H](C)C(=O)NC[C@@H]2COc3ccccc3O2)C[C@H](C)O1. The first kappa shape index (κ1) is 17.0. The maximum absolute atomic E-state index is 12.5. The quantitative estimate of drug-likeness (QED) is 0.903. The molecule has 3 rings (SSSR count). The summed E-state index contributed by atoms with van der Waals surface area (Å²) < 4.78 is 17.3. The molecule has 6 nitrogen and oxygen atoms in total. The van der Waals surface area contributed by atoms with Gasteiger partial charge in [0.25, 0.3) is 0 Å². The molecular weight excluding hydrogens is 308 g/mol. The molecule has 132 valence electrons. The second-order valence-corrected chi connectivity index (χ2v) is 6.63. The van der Waals surface area contributed by atoms with Crippen molar-refractivity contribution in [3.8, 4) is 11.5 Å². The third kappa shape index (κ3) is 3.99. The number of fused-ring (bicyclic) bond motifs is 1. The number of hydrogen-bond donors (Lipinski definition) is 1. The average molecular weight is 334 g/mol. The summed E-state index contributed by atoms with van der Waals surface area (Å²) in [6.45, 7) is 8.44. The van der Waals surface area contributed by atoms with Crippen molar-refractivity contribution in [3.63, 3.8) is 0 Å². The normalized spacial score (nSPS) is 28.2. The van der Waals surface area contributed by atoms with Crippen LogP contribution in [0.3, 0.4) is 0 Å². The molecule has 0 aromatic heterocycles. The minimum absolute atomic E-state index is 0.0127. The number of carbonyl (C=O) groups excluding carboxylic acids is 1. The molecule has 1 fully saturated rings. The van der Waals surface area contributed by atoms with Crippen molar-refractivity contribution in [1.82, 2.24) is 10.2 Å². The van der Waals surface area contributed by atoms with E-state index in [2.05, 4.69) is 10.2 Å². The van der Waals surface area contributed by atoms with Crippen LogP contribution in [0.2, 0.25) is 0 Å². The predicted octanol–water partition coefficient (Wildman–Crippen LogP) is 1.44. The maximum Gasteiger partial charge on any atom is 0.237 e. The average Bonchev–Trinajstić information content (AvgIpc) is 2.58. The first-order chi connectivity index (χ1) is 11.5. The summed E-state index contributed by atoms with van der Waals surface area (Å²) in [4.78, 5) is 14.6. The number of para-hydroxylation sites is 2. The van der Waals surface area contributed by atoms with Gasteiger partial charge in [-0.15, -0.1) is 0 Å². The van der Waals surface area contributed by atoms with Crippen molar-refractivity contribution in [2.75, 3.05) is 26.2 Å². The first-order valence-corrected chi connectivity index (χ1v) is 8.58. The van der Waals surface area contributed by atoms with Gasteiger partial charge in [-0.05, 0) is 32.9 Å². The Hall–Kier alpha value is -1.79. The lowest BCUT2D eigenvalue weighted by atomic mass is 10.1. The van der Waals surface area contributed by atoms with E-state index in [-0.39, 0.29) is 30.3 Å². The zero-order valence-corrected chi connectivity index (χ0v) is 14.5. The molecule has 0 bridgehead atoms. The number of nitrogens with zero attached hydrogens (tertiary/aromatic N) is 1. The Morgan fingerprint density at radius 3 is 2.62 bits per heavy atom. The van der Waals surface area contributed by atoms with Gasteiger partial charge in [-0.3, -0.25) is 9.69 Å². The Kier molecular flexibility index (Phi) is 5.26. The van der Waals surface area contributed by atoms with Gasteiger partial charge in [-0.2, -0.15) is 0 Å². The van der Waals surface area contributed by atoms with Gasteiger partial charge in [-0.1, -0.05) is 12.1 Å². The summed E-state index contributed by atoms with van der Waals surface area (Å²) in [6, 6.07) is 7.40. The molecule has 4 atom stereocenters. The monoisotopic (exact) mass is 334 g/mol. The van der Waals surface area contributed by atoms with Gasteiger partial charge in [0.15, 0.2) is 11.5 Å². The third-order valence-corrected chi connectivity index (χ3v) is 4.45. The summed E-state index contributed by atoms with van der Waals surface area (Å²) >= 11 is 0. The highest BCUT2D eigenvalue weighted by Gasteiger charge is 2.30. The van der Waals surface area contributed by atoms with Crippen LogP contribution < -0.4 is 14.8 Å². The minimum atomic E-state index is -0.185. The number of hydrogen-bond acceptors (Lipinski definition) is 5. The second-order valence-electron chi connectivity index (χ2n) is 6.63. The van der Waals surface area contributed by atoms with E-state index < -0.39 is 0 Å². The molecule has 0 spiro atoms. The molecule has 2 aliphatic heterocycles. The number of morpholine rings is 1. The second kappa shape index (κ2) is 7.40. The molecule has 24 heavy (non-hydrogen) atoms. The number of ether oxygens (including phenoxy) is 3. The number of amides is 1. The van der Waals surface area contributed by atoms with Crippen LogP contribution >= 0.6 is 0 Å². The third-order valence-electron chi connectivity index (χ3n) is 4.45. The topological polar surface area (TPSA) is 60.0 Å². The van der Waals surface area contributed by atoms with Crippen LogP contribution in [0.1, 0.15) is 20.8 Å². The number of benzene rings is 1. The largest absolute Gasteiger partial charge is 0.486 e. The van der Waals surface area contributed by atoms with Crippen LogP contribution in [-0.2, 0) is 9.53 Å². The van der Waals surface area contributed by atoms with Crippen LogP contribution in [0.15, 0.2) is 24.3 Å². The molecule has 2 aliphatic rings. The van der Waals surface area contributed by atoms with Crippen molar-refractivity contribution in [3.05, 3.63) is 24.3 Å². The lowest BCUT2D eigenvalue weighted by Gasteiger charge is -2.38. The van der Waals surface area contributed by atoms with Crippen LogP contribution in [0.25, 0.3) is 0 Å². The van der Waals surface area contributed by atoms with E-state index in [0.29, 0.717) is 13.2 Å². The van der Waals surface area contributed by atoms with Gasteiger partial charge in [0.2, 0.25) is 5.91 Å². The molecule has 1 N–H and O–H groups in total. The maximum atomic E-state index is 12.5. The van der Waals surface area contributed by atoms with E-state index in [0.717, 1.165) is 24.6 Å². The highest BCUT2D eigenvalue weighted by molar-refractivity contribution is 5.81. The molecule has 0 aliphatic carbocycles. The van der Waals surface area contributed by atoms with Crippen LogP contribution in [0.5, 0.6) is 11.5 Å². The summed E-state index contributed by atoms with van der Waals surface area (Å²) in [6.07, 6.45) is 0.129. The predicted molar refractivity (Wildman–Crippen MR) is 90.4 cm³/mol. The minimum Gasteiger partial charge on any atom is -0.486 e. The van der Waals surface area contributed by atoms with E-state index in [1.54, 1.807) is 0 Å². The summed E-state index contributed by atoms with van der Waals surface area (Å²) in [5, 5.41) is 2.98. The zero-order chi connectivity index (χ0) is 17.1. The number of rotatable bonds is 4. The lowest BCUT2D eigenvalue weighted by Crippen LogP contribution is -2.55. The van der Waals surface area contributed by atoms with E-state index in [1.807, 2.05) is 45.0 Å². The van der Waals surface area contributed by atoms with Crippen LogP contribution in [0, 0.1) is 0 Å². The van der Waals surface area contributed by atoms with Gasteiger partial charge in [0, 0.05) is 13.1 Å². The first-order valence-electron chi connectivity index (χ1n) is 8.58. The number of nitrogens with one attached hydrogen (secondary N) is 1. The molecule has 0 saturated carbocycles. The van der Waals surface area contributed by atoms with Gasteiger partial charge < -0.3 is 19.5 Å². The highest BCUT2D eigenvalue weighted by atomic mass is 16.6.